The highest BCUT2D eigenvalue weighted by atomic mass is 32.1. The molecule has 0 fully saturated rings. The zero-order valence-corrected chi connectivity index (χ0v) is 20.1. The molecule has 1 aliphatic rings. The molecule has 0 saturated carbocycles. The second kappa shape index (κ2) is 9.19. The first-order chi connectivity index (χ1) is 15.8. The molecule has 2 heterocycles. The van der Waals surface area contributed by atoms with E-state index in [4.69, 9.17) is 9.47 Å². The van der Waals surface area contributed by atoms with Gasteiger partial charge in [-0.25, -0.2) is 9.79 Å². The molecule has 0 amide bonds. The summed E-state index contributed by atoms with van der Waals surface area (Å²) in [7, 11) is 2.94. The van der Waals surface area contributed by atoms with E-state index in [0.717, 1.165) is 11.1 Å². The van der Waals surface area contributed by atoms with Crippen LogP contribution in [-0.2, 0) is 9.53 Å². The van der Waals surface area contributed by atoms with Gasteiger partial charge in [0.15, 0.2) is 4.80 Å². The van der Waals surface area contributed by atoms with Crippen LogP contribution in [0.1, 0.15) is 49.4 Å². The first kappa shape index (κ1) is 22.7. The summed E-state index contributed by atoms with van der Waals surface area (Å²) < 4.78 is 12.6. The van der Waals surface area contributed by atoms with Gasteiger partial charge in [-0.2, -0.15) is 0 Å². The van der Waals surface area contributed by atoms with Crippen LogP contribution in [0.5, 0.6) is 5.75 Å². The Morgan fingerprint density at radius 1 is 1.12 bits per heavy atom. The third-order valence-electron chi connectivity index (χ3n) is 5.77. The van der Waals surface area contributed by atoms with Gasteiger partial charge in [-0.05, 0) is 36.1 Å². The van der Waals surface area contributed by atoms with Crippen LogP contribution in [0.4, 0.5) is 0 Å². The normalized spacial score (nSPS) is 15.9. The average molecular weight is 463 g/mol. The van der Waals surface area contributed by atoms with E-state index in [1.165, 1.54) is 24.0 Å². The van der Waals surface area contributed by atoms with Crippen LogP contribution in [0.2, 0.25) is 0 Å². The summed E-state index contributed by atoms with van der Waals surface area (Å²) in [6, 6.07) is 14.9. The quantitative estimate of drug-likeness (QED) is 0.544. The lowest BCUT2D eigenvalue weighted by Crippen LogP contribution is -2.39. The molecule has 2 aromatic carbocycles. The summed E-state index contributed by atoms with van der Waals surface area (Å²) in [6.45, 7) is 6.03. The van der Waals surface area contributed by atoms with E-state index < -0.39 is 12.0 Å². The van der Waals surface area contributed by atoms with Gasteiger partial charge in [0.05, 0.1) is 36.1 Å². The number of hydrogen-bond donors (Lipinski definition) is 0. The van der Waals surface area contributed by atoms with E-state index in [1.807, 2.05) is 48.5 Å². The standard InChI is InChI=1S/C26H26N2O4S/c1-15(2)17-10-12-18(13-11-17)23-22(25(30)32-5)16(3)27-26-28(23)24(29)21(33-26)14-19-8-6-7-9-20(19)31-4/h6-15,23H,1-5H3/b21-14-/t23-/m1/s1. The molecule has 0 N–H and O–H groups in total. The third-order valence-corrected chi connectivity index (χ3v) is 6.75. The van der Waals surface area contributed by atoms with Gasteiger partial charge in [-0.3, -0.25) is 9.36 Å². The van der Waals surface area contributed by atoms with Crippen LogP contribution in [0.25, 0.3) is 6.08 Å². The SMILES string of the molecule is COC(=O)C1=C(C)N=c2s/c(=C\c3ccccc3OC)c(=O)n2[C@@H]1c1ccc(C(C)C)cc1. The Labute approximate surface area is 196 Å². The van der Waals surface area contributed by atoms with Gasteiger partial charge in [-0.1, -0.05) is 67.6 Å². The minimum Gasteiger partial charge on any atom is -0.496 e. The molecule has 0 aliphatic carbocycles. The van der Waals surface area contributed by atoms with Crippen molar-refractivity contribution in [2.75, 3.05) is 14.2 Å². The summed E-state index contributed by atoms with van der Waals surface area (Å²) in [5, 5.41) is 0. The Morgan fingerprint density at radius 3 is 2.45 bits per heavy atom. The number of carbonyl (C=O) groups excluding carboxylic acids is 1. The van der Waals surface area contributed by atoms with Gasteiger partial charge >= 0.3 is 5.97 Å². The van der Waals surface area contributed by atoms with Gasteiger partial charge in [-0.15, -0.1) is 0 Å². The molecular formula is C26H26N2O4S. The fraction of sp³-hybridized carbons (Fsp3) is 0.269. The fourth-order valence-corrected chi connectivity index (χ4v) is 5.04. The molecule has 33 heavy (non-hydrogen) atoms. The number of aromatic nitrogens is 1. The highest BCUT2D eigenvalue weighted by molar-refractivity contribution is 7.07. The maximum absolute atomic E-state index is 13.6. The molecule has 0 saturated heterocycles. The van der Waals surface area contributed by atoms with Crippen LogP contribution < -0.4 is 19.6 Å². The van der Waals surface area contributed by atoms with Crippen molar-refractivity contribution < 1.29 is 14.3 Å². The number of para-hydroxylation sites is 1. The predicted molar refractivity (Wildman–Crippen MR) is 129 cm³/mol. The van der Waals surface area contributed by atoms with Crippen molar-refractivity contribution in [3.8, 4) is 5.75 Å². The number of fused-ring (bicyclic) bond motifs is 1. The summed E-state index contributed by atoms with van der Waals surface area (Å²) in [5.74, 6) is 0.558. The molecule has 1 aliphatic heterocycles. The molecular weight excluding hydrogens is 436 g/mol. The van der Waals surface area contributed by atoms with Gasteiger partial charge in [0.1, 0.15) is 5.75 Å². The van der Waals surface area contributed by atoms with Gasteiger partial charge in [0.2, 0.25) is 0 Å². The number of esters is 1. The number of rotatable bonds is 5. The molecule has 0 unspecified atom stereocenters. The van der Waals surface area contributed by atoms with E-state index >= 15 is 0 Å². The number of nitrogens with zero attached hydrogens (tertiary/aromatic N) is 2. The van der Waals surface area contributed by atoms with Crippen LogP contribution >= 0.6 is 11.3 Å². The maximum Gasteiger partial charge on any atom is 0.338 e. The molecule has 4 rings (SSSR count). The van der Waals surface area contributed by atoms with Crippen LogP contribution in [0.15, 0.2) is 69.6 Å². The Bertz CT molecular complexity index is 1410. The van der Waals surface area contributed by atoms with Gasteiger partial charge in [0.25, 0.3) is 5.56 Å². The Balaban J connectivity index is 1.96. The largest absolute Gasteiger partial charge is 0.496 e. The molecule has 7 heteroatoms. The Morgan fingerprint density at radius 2 is 1.82 bits per heavy atom. The average Bonchev–Trinajstić information content (AvgIpc) is 3.12. The van der Waals surface area contributed by atoms with Crippen molar-refractivity contribution in [3.05, 3.63) is 96.2 Å². The van der Waals surface area contributed by atoms with Gasteiger partial charge in [0, 0.05) is 5.56 Å². The minimum atomic E-state index is -0.616. The number of methoxy groups -OCH3 is 2. The summed E-state index contributed by atoms with van der Waals surface area (Å²) >= 11 is 1.29. The molecule has 1 aromatic heterocycles. The molecule has 170 valence electrons. The topological polar surface area (TPSA) is 69.9 Å². The van der Waals surface area contributed by atoms with Gasteiger partial charge < -0.3 is 9.47 Å². The molecule has 0 bridgehead atoms. The van der Waals surface area contributed by atoms with Crippen molar-refractivity contribution in [2.45, 2.75) is 32.7 Å². The lowest BCUT2D eigenvalue weighted by atomic mass is 9.93. The van der Waals surface area contributed by atoms with Crippen LogP contribution in [-0.4, -0.2) is 24.8 Å². The van der Waals surface area contributed by atoms with Crippen LogP contribution in [0.3, 0.4) is 0 Å². The number of benzene rings is 2. The maximum atomic E-state index is 13.6. The third kappa shape index (κ3) is 4.16. The zero-order chi connectivity index (χ0) is 23.7. The Kier molecular flexibility index (Phi) is 6.33. The Hall–Kier alpha value is -3.45. The number of ether oxygens (including phenoxy) is 2. The second-order valence-corrected chi connectivity index (χ2v) is 9.15. The smallest absolute Gasteiger partial charge is 0.338 e. The molecule has 3 aromatic rings. The molecule has 6 nitrogen and oxygen atoms in total. The fourth-order valence-electron chi connectivity index (χ4n) is 4.00. The number of hydrogen-bond acceptors (Lipinski definition) is 6. The predicted octanol–water partition coefficient (Wildman–Crippen LogP) is 3.54. The summed E-state index contributed by atoms with van der Waals surface area (Å²) in [5.41, 5.74) is 3.51. The van der Waals surface area contributed by atoms with Crippen molar-refractivity contribution in [1.29, 1.82) is 0 Å². The lowest BCUT2D eigenvalue weighted by Gasteiger charge is -2.24. The first-order valence-electron chi connectivity index (χ1n) is 10.7. The van der Waals surface area contributed by atoms with E-state index in [-0.39, 0.29) is 5.56 Å². The monoisotopic (exact) mass is 462 g/mol. The minimum absolute atomic E-state index is 0.212. The molecule has 0 spiro atoms. The zero-order valence-electron chi connectivity index (χ0n) is 19.3. The number of thiazole rings is 1. The number of allylic oxidation sites excluding steroid dienone is 1. The van der Waals surface area contributed by atoms with Crippen molar-refractivity contribution in [1.82, 2.24) is 4.57 Å². The highest BCUT2D eigenvalue weighted by Crippen LogP contribution is 2.31. The second-order valence-electron chi connectivity index (χ2n) is 8.14. The van der Waals surface area contributed by atoms with Crippen molar-refractivity contribution in [2.24, 2.45) is 4.99 Å². The van der Waals surface area contributed by atoms with Crippen molar-refractivity contribution >= 4 is 23.4 Å². The van der Waals surface area contributed by atoms with E-state index in [9.17, 15) is 9.59 Å². The van der Waals surface area contributed by atoms with E-state index in [0.29, 0.717) is 32.3 Å². The first-order valence-corrected chi connectivity index (χ1v) is 11.5. The highest BCUT2D eigenvalue weighted by Gasteiger charge is 2.33. The summed E-state index contributed by atoms with van der Waals surface area (Å²) in [6.07, 6.45) is 1.80. The van der Waals surface area contributed by atoms with E-state index in [2.05, 4.69) is 18.8 Å². The van der Waals surface area contributed by atoms with E-state index in [1.54, 1.807) is 24.7 Å². The molecule has 1 atom stereocenters. The number of carbonyl (C=O) groups is 1. The molecule has 0 radical (unpaired) electrons. The van der Waals surface area contributed by atoms with Crippen LogP contribution in [0, 0.1) is 0 Å². The van der Waals surface area contributed by atoms with Crippen molar-refractivity contribution in [3.63, 3.8) is 0 Å². The lowest BCUT2D eigenvalue weighted by molar-refractivity contribution is -0.136. The summed E-state index contributed by atoms with van der Waals surface area (Å²) in [4.78, 5) is 31.5.